The molecule has 1 unspecified atom stereocenters. The Bertz CT molecular complexity index is 359. The van der Waals surface area contributed by atoms with Crippen LogP contribution < -0.4 is 10.1 Å². The number of ether oxygens (including phenoxy) is 2. The predicted octanol–water partition coefficient (Wildman–Crippen LogP) is 3.40. The molecule has 1 N–H and O–H groups in total. The molecule has 0 aliphatic carbocycles. The minimum atomic E-state index is 0.161. The van der Waals surface area contributed by atoms with Crippen LogP contribution in [0.5, 0.6) is 5.88 Å². The van der Waals surface area contributed by atoms with Crippen molar-refractivity contribution < 1.29 is 9.47 Å². The van der Waals surface area contributed by atoms with Gasteiger partial charge in [0.15, 0.2) is 5.82 Å². The number of nitrogens with one attached hydrogen (secondary N) is 1. The Morgan fingerprint density at radius 2 is 2.00 bits per heavy atom. The summed E-state index contributed by atoms with van der Waals surface area (Å²) < 4.78 is 11.2. The van der Waals surface area contributed by atoms with Crippen LogP contribution in [0.4, 0.5) is 5.82 Å². The molecule has 0 aromatic carbocycles. The van der Waals surface area contributed by atoms with Gasteiger partial charge in [0, 0.05) is 19.2 Å². The smallest absolute Gasteiger partial charge is 0.219 e. The van der Waals surface area contributed by atoms with Gasteiger partial charge in [-0.1, -0.05) is 20.3 Å². The van der Waals surface area contributed by atoms with Gasteiger partial charge < -0.3 is 14.8 Å². The lowest BCUT2D eigenvalue weighted by Crippen LogP contribution is -2.14. The SMILES string of the molecule is CCCNc1cc(OC(C)CCC)nc(COCC)n1. The fraction of sp³-hybridized carbons (Fsp3) is 0.733. The van der Waals surface area contributed by atoms with Gasteiger partial charge >= 0.3 is 0 Å². The highest BCUT2D eigenvalue weighted by molar-refractivity contribution is 5.38. The van der Waals surface area contributed by atoms with E-state index in [-0.39, 0.29) is 6.10 Å². The highest BCUT2D eigenvalue weighted by atomic mass is 16.5. The number of hydrogen-bond donors (Lipinski definition) is 1. The van der Waals surface area contributed by atoms with Crippen molar-refractivity contribution in [1.29, 1.82) is 0 Å². The molecule has 5 heteroatoms. The molecule has 0 fully saturated rings. The molecule has 0 bridgehead atoms. The van der Waals surface area contributed by atoms with Gasteiger partial charge in [-0.15, -0.1) is 0 Å². The Kier molecular flexibility index (Phi) is 7.95. The number of nitrogens with zero attached hydrogens (tertiary/aromatic N) is 2. The first-order chi connectivity index (χ1) is 9.69. The zero-order valence-electron chi connectivity index (χ0n) is 13.1. The normalized spacial score (nSPS) is 12.2. The van der Waals surface area contributed by atoms with Crippen LogP contribution >= 0.6 is 0 Å². The van der Waals surface area contributed by atoms with Crippen molar-refractivity contribution in [3.05, 3.63) is 11.9 Å². The van der Waals surface area contributed by atoms with Crippen molar-refractivity contribution in [2.75, 3.05) is 18.5 Å². The maximum absolute atomic E-state index is 5.85. The van der Waals surface area contributed by atoms with Crippen molar-refractivity contribution in [3.8, 4) is 5.88 Å². The summed E-state index contributed by atoms with van der Waals surface area (Å²) in [5.41, 5.74) is 0. The van der Waals surface area contributed by atoms with Gasteiger partial charge in [0.05, 0.1) is 6.10 Å². The lowest BCUT2D eigenvalue weighted by Gasteiger charge is -2.15. The lowest BCUT2D eigenvalue weighted by molar-refractivity contribution is 0.126. The van der Waals surface area contributed by atoms with E-state index in [9.17, 15) is 0 Å². The van der Waals surface area contributed by atoms with E-state index in [0.29, 0.717) is 24.9 Å². The first kappa shape index (κ1) is 16.7. The third kappa shape index (κ3) is 6.19. The molecule has 0 saturated carbocycles. The second-order valence-corrected chi connectivity index (χ2v) is 4.79. The number of anilines is 1. The standard InChI is InChI=1S/C15H27N3O2/c1-5-8-12(4)20-15-10-13(16-9-6-2)17-14(18-15)11-19-7-3/h10,12H,5-9,11H2,1-4H3,(H,16,17,18). The van der Waals surface area contributed by atoms with Gasteiger partial charge in [0.25, 0.3) is 0 Å². The average Bonchev–Trinajstić information content (AvgIpc) is 2.43. The number of rotatable bonds is 10. The van der Waals surface area contributed by atoms with E-state index in [2.05, 4.69) is 36.1 Å². The maximum atomic E-state index is 5.85. The van der Waals surface area contributed by atoms with E-state index in [4.69, 9.17) is 9.47 Å². The second kappa shape index (κ2) is 9.53. The molecule has 0 spiro atoms. The molecule has 0 amide bonds. The minimum Gasteiger partial charge on any atom is -0.475 e. The number of hydrogen-bond acceptors (Lipinski definition) is 5. The van der Waals surface area contributed by atoms with E-state index in [1.54, 1.807) is 0 Å². The summed E-state index contributed by atoms with van der Waals surface area (Å²) in [5, 5.41) is 3.27. The average molecular weight is 281 g/mol. The Morgan fingerprint density at radius 1 is 1.20 bits per heavy atom. The van der Waals surface area contributed by atoms with Crippen molar-refractivity contribution in [1.82, 2.24) is 9.97 Å². The monoisotopic (exact) mass is 281 g/mol. The molecule has 1 aromatic heterocycles. The molecule has 0 aliphatic rings. The van der Waals surface area contributed by atoms with Crippen LogP contribution in [-0.2, 0) is 11.3 Å². The molecule has 0 radical (unpaired) electrons. The summed E-state index contributed by atoms with van der Waals surface area (Å²) in [4.78, 5) is 8.84. The third-order valence-electron chi connectivity index (χ3n) is 2.76. The van der Waals surface area contributed by atoms with Crippen molar-refractivity contribution in [2.45, 2.75) is 59.7 Å². The summed E-state index contributed by atoms with van der Waals surface area (Å²) in [7, 11) is 0. The molecule has 0 aliphatic heterocycles. The zero-order valence-corrected chi connectivity index (χ0v) is 13.1. The summed E-state index contributed by atoms with van der Waals surface area (Å²) in [6.45, 7) is 10.2. The van der Waals surface area contributed by atoms with E-state index in [0.717, 1.165) is 31.6 Å². The van der Waals surface area contributed by atoms with Crippen LogP contribution in [0, 0.1) is 0 Å². The Hall–Kier alpha value is -1.36. The largest absolute Gasteiger partial charge is 0.475 e. The van der Waals surface area contributed by atoms with Gasteiger partial charge in [-0.2, -0.15) is 4.98 Å². The molecule has 5 nitrogen and oxygen atoms in total. The first-order valence-electron chi connectivity index (χ1n) is 7.55. The van der Waals surface area contributed by atoms with Crippen LogP contribution in [0.2, 0.25) is 0 Å². The topological polar surface area (TPSA) is 56.3 Å². The van der Waals surface area contributed by atoms with E-state index < -0.39 is 0 Å². The van der Waals surface area contributed by atoms with Crippen molar-refractivity contribution >= 4 is 5.82 Å². The zero-order chi connectivity index (χ0) is 14.8. The maximum Gasteiger partial charge on any atom is 0.219 e. The molecule has 0 saturated heterocycles. The Labute approximate surface area is 122 Å². The van der Waals surface area contributed by atoms with Crippen LogP contribution in [0.15, 0.2) is 6.07 Å². The summed E-state index contributed by atoms with van der Waals surface area (Å²) >= 11 is 0. The van der Waals surface area contributed by atoms with Crippen LogP contribution in [0.3, 0.4) is 0 Å². The van der Waals surface area contributed by atoms with E-state index in [1.165, 1.54) is 0 Å². The lowest BCUT2D eigenvalue weighted by atomic mass is 10.2. The first-order valence-corrected chi connectivity index (χ1v) is 7.55. The Balaban J connectivity index is 2.78. The number of aromatic nitrogens is 2. The highest BCUT2D eigenvalue weighted by Crippen LogP contribution is 2.17. The predicted molar refractivity (Wildman–Crippen MR) is 81.1 cm³/mol. The van der Waals surface area contributed by atoms with Gasteiger partial charge in [-0.3, -0.25) is 0 Å². The second-order valence-electron chi connectivity index (χ2n) is 4.79. The quantitative estimate of drug-likeness (QED) is 0.712. The molecule has 1 heterocycles. The fourth-order valence-corrected chi connectivity index (χ4v) is 1.81. The van der Waals surface area contributed by atoms with Crippen LogP contribution in [-0.4, -0.2) is 29.2 Å². The molecular formula is C15H27N3O2. The summed E-state index contributed by atoms with van der Waals surface area (Å²) in [5.74, 6) is 2.08. The van der Waals surface area contributed by atoms with Crippen molar-refractivity contribution in [3.63, 3.8) is 0 Å². The molecular weight excluding hydrogens is 254 g/mol. The van der Waals surface area contributed by atoms with Gasteiger partial charge in [-0.25, -0.2) is 4.98 Å². The van der Waals surface area contributed by atoms with E-state index >= 15 is 0 Å². The molecule has 114 valence electrons. The molecule has 1 rings (SSSR count). The van der Waals surface area contributed by atoms with Gasteiger partial charge in [0.1, 0.15) is 12.4 Å². The molecule has 20 heavy (non-hydrogen) atoms. The van der Waals surface area contributed by atoms with Crippen LogP contribution in [0.1, 0.15) is 52.8 Å². The fourth-order valence-electron chi connectivity index (χ4n) is 1.81. The minimum absolute atomic E-state index is 0.161. The molecule has 1 aromatic rings. The van der Waals surface area contributed by atoms with Crippen molar-refractivity contribution in [2.24, 2.45) is 0 Å². The third-order valence-corrected chi connectivity index (χ3v) is 2.76. The van der Waals surface area contributed by atoms with Gasteiger partial charge in [-0.05, 0) is 26.7 Å². The van der Waals surface area contributed by atoms with Crippen LogP contribution in [0.25, 0.3) is 0 Å². The van der Waals surface area contributed by atoms with Gasteiger partial charge in [0.2, 0.25) is 5.88 Å². The summed E-state index contributed by atoms with van der Waals surface area (Å²) in [6.07, 6.45) is 3.32. The van der Waals surface area contributed by atoms with E-state index in [1.807, 2.05) is 13.0 Å². The highest BCUT2D eigenvalue weighted by Gasteiger charge is 2.09. The Morgan fingerprint density at radius 3 is 2.65 bits per heavy atom. The molecule has 1 atom stereocenters. The summed E-state index contributed by atoms with van der Waals surface area (Å²) in [6, 6.07) is 1.86.